The van der Waals surface area contributed by atoms with Crippen LogP contribution in [-0.2, 0) is 6.18 Å². The maximum atomic E-state index is 13.1. The highest BCUT2D eigenvalue weighted by Crippen LogP contribution is 2.38. The van der Waals surface area contributed by atoms with Crippen molar-refractivity contribution in [2.75, 3.05) is 0 Å². The molecule has 0 heterocycles. The second-order valence-corrected chi connectivity index (χ2v) is 6.44. The van der Waals surface area contributed by atoms with Gasteiger partial charge in [0.15, 0.2) is 5.84 Å². The Kier molecular flexibility index (Phi) is 5.03. The van der Waals surface area contributed by atoms with E-state index in [0.717, 1.165) is 31.7 Å². The van der Waals surface area contributed by atoms with Crippen LogP contribution in [0.5, 0.6) is 0 Å². The van der Waals surface area contributed by atoms with Crippen LogP contribution in [0.3, 0.4) is 0 Å². The smallest absolute Gasteiger partial charge is 0.409 e. The van der Waals surface area contributed by atoms with Gasteiger partial charge in [-0.2, -0.15) is 13.2 Å². The van der Waals surface area contributed by atoms with Gasteiger partial charge in [-0.05, 0) is 31.0 Å². The Morgan fingerprint density at radius 3 is 2.48 bits per heavy atom. The lowest BCUT2D eigenvalue weighted by molar-refractivity contribution is -0.137. The molecule has 0 saturated heterocycles. The molecule has 0 radical (unpaired) electrons. The number of nitrogens with zero attached hydrogens (tertiary/aromatic N) is 1. The van der Waals surface area contributed by atoms with E-state index in [1.807, 2.05) is 0 Å². The molecule has 1 aliphatic rings. The van der Waals surface area contributed by atoms with E-state index in [-0.39, 0.29) is 5.56 Å². The van der Waals surface area contributed by atoms with Crippen molar-refractivity contribution in [3.63, 3.8) is 0 Å². The summed E-state index contributed by atoms with van der Waals surface area (Å²) in [5.41, 5.74) is 4.16. The van der Waals surface area contributed by atoms with Gasteiger partial charge < -0.3 is 10.9 Å². The Hall–Kier alpha value is -1.37. The number of rotatable bonds is 3. The largest absolute Gasteiger partial charge is 0.417 e. The van der Waals surface area contributed by atoms with E-state index in [4.69, 9.17) is 10.9 Å². The summed E-state index contributed by atoms with van der Waals surface area (Å²) in [5.74, 6) is -0.531. The molecule has 0 bridgehead atoms. The molecule has 1 aromatic carbocycles. The van der Waals surface area contributed by atoms with E-state index in [1.54, 1.807) is 6.07 Å². The summed E-state index contributed by atoms with van der Waals surface area (Å²) in [4.78, 5) is 0.573. The third-order valence-corrected chi connectivity index (χ3v) is 4.87. The highest BCUT2D eigenvalue weighted by molar-refractivity contribution is 8.00. The Bertz CT molecular complexity index is 525. The molecule has 1 saturated carbocycles. The van der Waals surface area contributed by atoms with Gasteiger partial charge in [0, 0.05) is 15.7 Å². The lowest BCUT2D eigenvalue weighted by Crippen LogP contribution is -2.20. The van der Waals surface area contributed by atoms with Crippen LogP contribution in [0, 0.1) is 0 Å². The van der Waals surface area contributed by atoms with Crippen LogP contribution in [0.15, 0.2) is 28.3 Å². The number of hydrogen-bond donors (Lipinski definition) is 2. The van der Waals surface area contributed by atoms with E-state index < -0.39 is 17.6 Å². The summed E-state index contributed by atoms with van der Waals surface area (Å²) in [6.45, 7) is 0. The van der Waals surface area contributed by atoms with Gasteiger partial charge in [-0.3, -0.25) is 0 Å². The molecule has 0 amide bonds. The predicted molar refractivity (Wildman–Crippen MR) is 76.7 cm³/mol. The lowest BCUT2D eigenvalue weighted by atomic mass is 10.0. The Balaban J connectivity index is 2.28. The van der Waals surface area contributed by atoms with Gasteiger partial charge in [-0.15, -0.1) is 11.8 Å². The van der Waals surface area contributed by atoms with Crippen molar-refractivity contribution in [2.24, 2.45) is 10.9 Å². The van der Waals surface area contributed by atoms with Crippen LogP contribution in [0.1, 0.15) is 43.2 Å². The van der Waals surface area contributed by atoms with Crippen molar-refractivity contribution in [1.82, 2.24) is 0 Å². The van der Waals surface area contributed by atoms with Crippen LogP contribution in [0.25, 0.3) is 0 Å². The predicted octanol–water partition coefficient (Wildman–Crippen LogP) is 4.22. The van der Waals surface area contributed by atoms with Gasteiger partial charge in [0.05, 0.1) is 5.56 Å². The minimum absolute atomic E-state index is 0.294. The highest BCUT2D eigenvalue weighted by Gasteiger charge is 2.35. The van der Waals surface area contributed by atoms with Crippen LogP contribution < -0.4 is 5.73 Å². The quantitative estimate of drug-likeness (QED) is 0.379. The number of hydrogen-bond acceptors (Lipinski definition) is 3. The van der Waals surface area contributed by atoms with Gasteiger partial charge in [-0.25, -0.2) is 0 Å². The first-order chi connectivity index (χ1) is 9.91. The fourth-order valence-electron chi connectivity index (χ4n) is 2.48. The van der Waals surface area contributed by atoms with Crippen LogP contribution >= 0.6 is 11.8 Å². The molecule has 0 unspecified atom stereocenters. The minimum atomic E-state index is -4.53. The van der Waals surface area contributed by atoms with Gasteiger partial charge in [0.2, 0.25) is 0 Å². The number of oxime groups is 1. The highest BCUT2D eigenvalue weighted by atomic mass is 32.2. The SMILES string of the molecule is N/C(=N\O)c1ccc(SC2CCCCC2)cc1C(F)(F)F. The van der Waals surface area contributed by atoms with E-state index in [2.05, 4.69) is 5.16 Å². The van der Waals surface area contributed by atoms with Crippen molar-refractivity contribution in [3.05, 3.63) is 29.3 Å². The summed E-state index contributed by atoms with van der Waals surface area (Å²) in [5, 5.41) is 11.6. The van der Waals surface area contributed by atoms with Crippen LogP contribution in [0.2, 0.25) is 0 Å². The van der Waals surface area contributed by atoms with E-state index in [1.165, 1.54) is 24.2 Å². The summed E-state index contributed by atoms with van der Waals surface area (Å²) in [7, 11) is 0. The molecule has 0 aromatic heterocycles. The molecule has 0 atom stereocenters. The van der Waals surface area contributed by atoms with Gasteiger partial charge in [0.25, 0.3) is 0 Å². The first-order valence-electron chi connectivity index (χ1n) is 6.77. The fraction of sp³-hybridized carbons (Fsp3) is 0.500. The second kappa shape index (κ2) is 6.60. The maximum Gasteiger partial charge on any atom is 0.417 e. The maximum absolute atomic E-state index is 13.1. The number of nitrogens with two attached hydrogens (primary N) is 1. The standard InChI is InChI=1S/C14H17F3N2OS/c15-14(16,17)12-8-10(6-7-11(12)13(18)19-20)21-9-4-2-1-3-5-9/h6-9,20H,1-5H2,(H2,18,19). The molecule has 0 spiro atoms. The molecule has 7 heteroatoms. The Labute approximate surface area is 125 Å². The first-order valence-corrected chi connectivity index (χ1v) is 7.65. The molecule has 1 aliphatic carbocycles. The number of halogens is 3. The Morgan fingerprint density at radius 2 is 1.90 bits per heavy atom. The minimum Gasteiger partial charge on any atom is -0.409 e. The molecule has 2 rings (SSSR count). The first kappa shape index (κ1) is 16.0. The van der Waals surface area contributed by atoms with Crippen molar-refractivity contribution in [3.8, 4) is 0 Å². The molecular formula is C14H17F3N2OS. The summed E-state index contributed by atoms with van der Waals surface area (Å²) in [6, 6.07) is 3.96. The number of amidine groups is 1. The van der Waals surface area contributed by atoms with Crippen LogP contribution in [0.4, 0.5) is 13.2 Å². The van der Waals surface area contributed by atoms with Crippen molar-refractivity contribution in [2.45, 2.75) is 48.4 Å². The molecule has 3 N–H and O–H groups in total. The topological polar surface area (TPSA) is 58.6 Å². The molecule has 0 aliphatic heterocycles. The lowest BCUT2D eigenvalue weighted by Gasteiger charge is -2.21. The van der Waals surface area contributed by atoms with Crippen molar-refractivity contribution < 1.29 is 18.4 Å². The molecule has 21 heavy (non-hydrogen) atoms. The number of thioether (sulfide) groups is 1. The van der Waals surface area contributed by atoms with E-state index in [0.29, 0.717) is 10.1 Å². The second-order valence-electron chi connectivity index (χ2n) is 5.07. The van der Waals surface area contributed by atoms with E-state index in [9.17, 15) is 13.2 Å². The molecular weight excluding hydrogens is 301 g/mol. The third-order valence-electron chi connectivity index (χ3n) is 3.54. The molecule has 3 nitrogen and oxygen atoms in total. The van der Waals surface area contributed by atoms with Crippen LogP contribution in [-0.4, -0.2) is 16.3 Å². The van der Waals surface area contributed by atoms with Gasteiger partial charge in [-0.1, -0.05) is 24.4 Å². The number of benzene rings is 1. The monoisotopic (exact) mass is 318 g/mol. The Morgan fingerprint density at radius 1 is 1.24 bits per heavy atom. The third kappa shape index (κ3) is 4.06. The molecule has 1 aromatic rings. The van der Waals surface area contributed by atoms with Gasteiger partial charge >= 0.3 is 6.18 Å². The summed E-state index contributed by atoms with van der Waals surface area (Å²) < 4.78 is 39.3. The van der Waals surface area contributed by atoms with Gasteiger partial charge in [0.1, 0.15) is 0 Å². The average Bonchev–Trinajstić information content (AvgIpc) is 2.46. The molecule has 1 fully saturated rings. The molecule has 116 valence electrons. The zero-order valence-corrected chi connectivity index (χ0v) is 12.2. The summed E-state index contributed by atoms with van der Waals surface area (Å²) in [6.07, 6.45) is 1.00. The summed E-state index contributed by atoms with van der Waals surface area (Å²) >= 11 is 1.48. The fourth-order valence-corrected chi connectivity index (χ4v) is 3.77. The van der Waals surface area contributed by atoms with Crippen molar-refractivity contribution in [1.29, 1.82) is 0 Å². The normalized spacial score (nSPS) is 18.0. The zero-order chi connectivity index (χ0) is 15.5. The van der Waals surface area contributed by atoms with Crippen molar-refractivity contribution >= 4 is 17.6 Å². The van der Waals surface area contributed by atoms with E-state index >= 15 is 0 Å². The number of alkyl halides is 3. The average molecular weight is 318 g/mol. The zero-order valence-electron chi connectivity index (χ0n) is 11.4.